The predicted molar refractivity (Wildman–Crippen MR) is 74.7 cm³/mol. The fourth-order valence-corrected chi connectivity index (χ4v) is 2.05. The molecule has 0 saturated carbocycles. The highest BCUT2D eigenvalue weighted by Crippen LogP contribution is 2.25. The molecule has 1 atom stereocenters. The molecule has 0 aliphatic rings. The molecule has 0 amide bonds. The minimum absolute atomic E-state index is 0.131. The van der Waals surface area contributed by atoms with Gasteiger partial charge in [0.2, 0.25) is 0 Å². The molecule has 3 nitrogen and oxygen atoms in total. The Morgan fingerprint density at radius 2 is 2.18 bits per heavy atom. The summed E-state index contributed by atoms with van der Waals surface area (Å²) in [6.07, 6.45) is -0.396. The molecule has 17 heavy (non-hydrogen) atoms. The molecule has 5 heteroatoms. The molecule has 0 fully saturated rings. The Morgan fingerprint density at radius 3 is 2.76 bits per heavy atom. The van der Waals surface area contributed by atoms with Gasteiger partial charge in [0.25, 0.3) is 0 Å². The number of nitrogens with one attached hydrogen (secondary N) is 1. The molecular weight excluding hydrogens is 305 g/mol. The zero-order valence-electron chi connectivity index (χ0n) is 9.91. The van der Waals surface area contributed by atoms with Gasteiger partial charge in [0.05, 0.1) is 18.8 Å². The second-order valence-corrected chi connectivity index (χ2v) is 5.33. The normalized spacial score (nSPS) is 12.8. The van der Waals surface area contributed by atoms with Crippen molar-refractivity contribution >= 4 is 33.2 Å². The molecule has 0 aliphatic heterocycles. The maximum atomic E-state index is 9.68. The molecular formula is C12H17BrClNO2. The van der Waals surface area contributed by atoms with Crippen molar-refractivity contribution in [1.82, 2.24) is 0 Å². The Kier molecular flexibility index (Phi) is 6.27. The molecule has 0 spiro atoms. The first-order chi connectivity index (χ1) is 7.99. The Labute approximate surface area is 115 Å². The van der Waals surface area contributed by atoms with E-state index in [1.54, 1.807) is 12.1 Å². The van der Waals surface area contributed by atoms with Crippen LogP contribution in [0.4, 0.5) is 5.69 Å². The van der Waals surface area contributed by atoms with Crippen LogP contribution in [0.2, 0.25) is 5.02 Å². The van der Waals surface area contributed by atoms with Gasteiger partial charge in [-0.2, -0.15) is 0 Å². The summed E-state index contributed by atoms with van der Waals surface area (Å²) in [6, 6.07) is 5.47. The minimum atomic E-state index is -0.528. The van der Waals surface area contributed by atoms with Gasteiger partial charge in [-0.05, 0) is 48.0 Å². The third kappa shape index (κ3) is 5.73. The third-order valence-corrected chi connectivity index (χ3v) is 2.97. The lowest BCUT2D eigenvalue weighted by Gasteiger charge is -2.15. The van der Waals surface area contributed by atoms with Crippen LogP contribution in [0.3, 0.4) is 0 Å². The van der Waals surface area contributed by atoms with Crippen molar-refractivity contribution in [2.24, 2.45) is 0 Å². The topological polar surface area (TPSA) is 41.5 Å². The highest BCUT2D eigenvalue weighted by atomic mass is 79.9. The van der Waals surface area contributed by atoms with Crippen LogP contribution in [-0.4, -0.2) is 30.5 Å². The number of aliphatic hydroxyl groups is 1. The molecule has 2 N–H and O–H groups in total. The van der Waals surface area contributed by atoms with Gasteiger partial charge in [-0.15, -0.1) is 0 Å². The highest BCUT2D eigenvalue weighted by Gasteiger charge is 2.07. The van der Waals surface area contributed by atoms with E-state index in [1.165, 1.54) is 0 Å². The van der Waals surface area contributed by atoms with Gasteiger partial charge in [-0.1, -0.05) is 11.6 Å². The highest BCUT2D eigenvalue weighted by molar-refractivity contribution is 9.10. The number of benzene rings is 1. The Bertz CT molecular complexity index is 360. The van der Waals surface area contributed by atoms with Crippen molar-refractivity contribution in [3.63, 3.8) is 0 Å². The van der Waals surface area contributed by atoms with Gasteiger partial charge in [0.1, 0.15) is 0 Å². The second kappa shape index (κ2) is 7.21. The van der Waals surface area contributed by atoms with Gasteiger partial charge in [-0.25, -0.2) is 0 Å². The number of hydrogen-bond acceptors (Lipinski definition) is 3. The molecule has 0 bridgehead atoms. The van der Waals surface area contributed by atoms with E-state index < -0.39 is 6.10 Å². The fourth-order valence-electron chi connectivity index (χ4n) is 1.22. The van der Waals surface area contributed by atoms with E-state index in [0.29, 0.717) is 18.2 Å². The van der Waals surface area contributed by atoms with E-state index in [9.17, 15) is 5.11 Å². The smallest absolute Gasteiger partial charge is 0.0945 e. The van der Waals surface area contributed by atoms with Crippen LogP contribution in [0.5, 0.6) is 0 Å². The molecule has 96 valence electrons. The van der Waals surface area contributed by atoms with E-state index in [-0.39, 0.29) is 6.10 Å². The first kappa shape index (κ1) is 14.8. The van der Waals surface area contributed by atoms with E-state index in [2.05, 4.69) is 21.2 Å². The van der Waals surface area contributed by atoms with Crippen molar-refractivity contribution in [2.75, 3.05) is 18.5 Å². The molecule has 0 radical (unpaired) electrons. The molecule has 0 heterocycles. The van der Waals surface area contributed by atoms with Crippen molar-refractivity contribution < 1.29 is 9.84 Å². The van der Waals surface area contributed by atoms with Crippen LogP contribution >= 0.6 is 27.5 Å². The zero-order chi connectivity index (χ0) is 12.8. The van der Waals surface area contributed by atoms with Crippen LogP contribution in [0.25, 0.3) is 0 Å². The SMILES string of the molecule is CC(C)OCC(O)CNc1ccc(Cl)cc1Br. The average molecular weight is 323 g/mol. The van der Waals surface area contributed by atoms with Crippen molar-refractivity contribution in [3.8, 4) is 0 Å². The molecule has 0 aliphatic carbocycles. The summed E-state index contributed by atoms with van der Waals surface area (Å²) in [4.78, 5) is 0. The lowest BCUT2D eigenvalue weighted by Crippen LogP contribution is -2.26. The van der Waals surface area contributed by atoms with Gasteiger partial charge >= 0.3 is 0 Å². The molecule has 0 saturated heterocycles. The number of aliphatic hydroxyl groups excluding tert-OH is 1. The van der Waals surface area contributed by atoms with Crippen LogP contribution in [0, 0.1) is 0 Å². The van der Waals surface area contributed by atoms with Gasteiger partial charge in [0, 0.05) is 21.7 Å². The van der Waals surface area contributed by atoms with Crippen LogP contribution in [0.1, 0.15) is 13.8 Å². The number of ether oxygens (including phenoxy) is 1. The summed E-state index contributed by atoms with van der Waals surface area (Å²) < 4.78 is 6.20. The number of hydrogen-bond donors (Lipinski definition) is 2. The molecule has 1 aromatic carbocycles. The Balaban J connectivity index is 2.39. The van der Waals surface area contributed by atoms with Crippen molar-refractivity contribution in [2.45, 2.75) is 26.1 Å². The monoisotopic (exact) mass is 321 g/mol. The summed E-state index contributed by atoms with van der Waals surface area (Å²) in [5.41, 5.74) is 0.901. The standard InChI is InChI=1S/C12H17BrClNO2/c1-8(2)17-7-10(16)6-15-12-4-3-9(14)5-11(12)13/h3-5,8,10,15-16H,6-7H2,1-2H3. The maximum Gasteiger partial charge on any atom is 0.0945 e. The summed E-state index contributed by atoms with van der Waals surface area (Å²) in [7, 11) is 0. The number of anilines is 1. The second-order valence-electron chi connectivity index (χ2n) is 4.04. The van der Waals surface area contributed by atoms with Crippen molar-refractivity contribution in [3.05, 3.63) is 27.7 Å². The molecule has 1 aromatic rings. The summed E-state index contributed by atoms with van der Waals surface area (Å²) in [6.45, 7) is 4.65. The summed E-state index contributed by atoms with van der Waals surface area (Å²) in [5, 5.41) is 13.5. The third-order valence-electron chi connectivity index (χ3n) is 2.08. The van der Waals surface area contributed by atoms with E-state index in [0.717, 1.165) is 10.2 Å². The maximum absolute atomic E-state index is 9.68. The first-order valence-corrected chi connectivity index (χ1v) is 6.64. The Morgan fingerprint density at radius 1 is 1.47 bits per heavy atom. The van der Waals surface area contributed by atoms with Crippen LogP contribution in [0.15, 0.2) is 22.7 Å². The van der Waals surface area contributed by atoms with E-state index in [4.69, 9.17) is 16.3 Å². The average Bonchev–Trinajstić information content (AvgIpc) is 2.25. The molecule has 1 unspecified atom stereocenters. The summed E-state index contributed by atoms with van der Waals surface area (Å²) in [5.74, 6) is 0. The number of halogens is 2. The number of rotatable bonds is 6. The van der Waals surface area contributed by atoms with E-state index in [1.807, 2.05) is 19.9 Å². The fraction of sp³-hybridized carbons (Fsp3) is 0.500. The zero-order valence-corrected chi connectivity index (χ0v) is 12.3. The Hall–Kier alpha value is -0.290. The lowest BCUT2D eigenvalue weighted by atomic mass is 10.3. The van der Waals surface area contributed by atoms with Crippen LogP contribution < -0.4 is 5.32 Å². The first-order valence-electron chi connectivity index (χ1n) is 5.47. The summed E-state index contributed by atoms with van der Waals surface area (Å²) >= 11 is 9.24. The molecule has 0 aromatic heterocycles. The predicted octanol–water partition coefficient (Wildman–Crippen LogP) is 3.30. The largest absolute Gasteiger partial charge is 0.389 e. The van der Waals surface area contributed by atoms with Crippen molar-refractivity contribution in [1.29, 1.82) is 0 Å². The quantitative estimate of drug-likeness (QED) is 0.844. The van der Waals surface area contributed by atoms with Gasteiger partial charge < -0.3 is 15.2 Å². The van der Waals surface area contributed by atoms with Gasteiger partial charge in [-0.3, -0.25) is 0 Å². The van der Waals surface area contributed by atoms with Crippen LogP contribution in [-0.2, 0) is 4.74 Å². The lowest BCUT2D eigenvalue weighted by molar-refractivity contribution is 0.0112. The molecule has 1 rings (SSSR count). The van der Waals surface area contributed by atoms with E-state index >= 15 is 0 Å². The minimum Gasteiger partial charge on any atom is -0.389 e. The van der Waals surface area contributed by atoms with Gasteiger partial charge in [0.15, 0.2) is 0 Å².